The van der Waals surface area contributed by atoms with E-state index in [-0.39, 0.29) is 41.6 Å². The van der Waals surface area contributed by atoms with Crippen LogP contribution in [0.5, 0.6) is 0 Å². The molecule has 0 aliphatic carbocycles. The monoisotopic (exact) mass is 399 g/mol. The Morgan fingerprint density at radius 1 is 1.21 bits per heavy atom. The molecular weight excluding hydrogens is 370 g/mol. The fraction of sp³-hybridized carbons (Fsp3) is 0.667. The molecule has 3 amide bonds. The number of rotatable bonds is 3. The molecule has 3 saturated heterocycles. The van der Waals surface area contributed by atoms with E-state index in [0.717, 1.165) is 25.0 Å². The molecule has 1 aromatic rings. The van der Waals surface area contributed by atoms with Gasteiger partial charge in [-0.25, -0.2) is 9.97 Å². The number of hydrogen-bond donors (Lipinski definition) is 1. The molecule has 3 aliphatic heterocycles. The third-order valence-corrected chi connectivity index (χ3v) is 6.53. The number of piperidine rings is 3. The highest BCUT2D eigenvalue weighted by molar-refractivity contribution is 5.92. The lowest BCUT2D eigenvalue weighted by Crippen LogP contribution is -2.67. The number of carbonyl (C=O) groups is 3. The number of carbonyl (C=O) groups excluding carboxylic acids is 3. The van der Waals surface area contributed by atoms with Crippen molar-refractivity contribution in [2.24, 2.45) is 11.8 Å². The van der Waals surface area contributed by atoms with Gasteiger partial charge < -0.3 is 15.1 Å². The minimum atomic E-state index is -0.0937. The second kappa shape index (κ2) is 7.72. The molecule has 3 fully saturated rings. The zero-order valence-electron chi connectivity index (χ0n) is 17.4. The average Bonchev–Trinajstić information content (AvgIpc) is 2.66. The number of hydrogen-bond acceptors (Lipinski definition) is 5. The molecule has 0 aromatic carbocycles. The molecule has 3 aliphatic rings. The standard InChI is InChI=1S/C21H29N5O3/c1-12-7-17(24-13(2)23-12)21(29)25-10-15-8-16(11-25)19(9-22-14(3)27)26-18(15)5-4-6-20(26)28/h7,15-16,18-19H,4-6,8-11H2,1-3H3,(H,22,27)/t15-,16+,18+,19+/m1/s1. The van der Waals surface area contributed by atoms with E-state index in [1.807, 2.05) is 16.7 Å². The molecule has 8 heteroatoms. The van der Waals surface area contributed by atoms with E-state index in [1.54, 1.807) is 13.0 Å². The zero-order valence-corrected chi connectivity index (χ0v) is 17.4. The van der Waals surface area contributed by atoms with Gasteiger partial charge in [0, 0.05) is 44.7 Å². The third-order valence-electron chi connectivity index (χ3n) is 6.53. The first kappa shape index (κ1) is 19.8. The van der Waals surface area contributed by atoms with Gasteiger partial charge in [-0.05, 0) is 51.0 Å². The van der Waals surface area contributed by atoms with Crippen LogP contribution in [-0.2, 0) is 9.59 Å². The van der Waals surface area contributed by atoms with Crippen LogP contribution in [0.4, 0.5) is 0 Å². The Morgan fingerprint density at radius 3 is 2.69 bits per heavy atom. The Labute approximate surface area is 171 Å². The lowest BCUT2D eigenvalue weighted by atomic mass is 9.72. The molecule has 156 valence electrons. The van der Waals surface area contributed by atoms with Crippen LogP contribution in [0.1, 0.15) is 54.6 Å². The molecule has 1 aromatic heterocycles. The van der Waals surface area contributed by atoms with Crippen LogP contribution in [0.15, 0.2) is 6.07 Å². The Morgan fingerprint density at radius 2 is 1.97 bits per heavy atom. The van der Waals surface area contributed by atoms with Gasteiger partial charge in [-0.1, -0.05) is 0 Å². The first-order valence-electron chi connectivity index (χ1n) is 10.5. The summed E-state index contributed by atoms with van der Waals surface area (Å²) in [6.45, 7) is 6.84. The van der Waals surface area contributed by atoms with Crippen molar-refractivity contribution in [1.82, 2.24) is 25.1 Å². The van der Waals surface area contributed by atoms with Crippen molar-refractivity contribution in [3.05, 3.63) is 23.3 Å². The summed E-state index contributed by atoms with van der Waals surface area (Å²) in [5, 5.41) is 2.91. The molecule has 4 heterocycles. The summed E-state index contributed by atoms with van der Waals surface area (Å²) in [7, 11) is 0. The second-order valence-electron chi connectivity index (χ2n) is 8.67. The van der Waals surface area contributed by atoms with Gasteiger partial charge in [0.2, 0.25) is 11.8 Å². The van der Waals surface area contributed by atoms with Gasteiger partial charge in [0.05, 0.1) is 6.04 Å². The molecule has 0 spiro atoms. The SMILES string of the molecule is CC(=O)NC[C@H]1[C@H]2C[C@H](CN(C(=O)c3cc(C)nc(C)n3)C2)[C@@H]2CCCC(=O)N21. The Bertz CT molecular complexity index is 821. The number of aromatic nitrogens is 2. The summed E-state index contributed by atoms with van der Waals surface area (Å²) in [6, 6.07) is 1.83. The van der Waals surface area contributed by atoms with Crippen LogP contribution in [0.25, 0.3) is 0 Å². The van der Waals surface area contributed by atoms with Crippen LogP contribution in [0.2, 0.25) is 0 Å². The van der Waals surface area contributed by atoms with Gasteiger partial charge in [-0.2, -0.15) is 0 Å². The van der Waals surface area contributed by atoms with Crippen molar-refractivity contribution in [3.8, 4) is 0 Å². The highest BCUT2D eigenvalue weighted by Crippen LogP contribution is 2.41. The smallest absolute Gasteiger partial charge is 0.272 e. The second-order valence-corrected chi connectivity index (χ2v) is 8.67. The molecule has 8 nitrogen and oxygen atoms in total. The van der Waals surface area contributed by atoms with Gasteiger partial charge in [-0.15, -0.1) is 0 Å². The molecule has 29 heavy (non-hydrogen) atoms. The first-order chi connectivity index (χ1) is 13.8. The summed E-state index contributed by atoms with van der Waals surface area (Å²) in [6.07, 6.45) is 3.43. The molecule has 4 atom stereocenters. The maximum absolute atomic E-state index is 13.2. The number of likely N-dealkylation sites (tertiary alicyclic amines) is 1. The summed E-state index contributed by atoms with van der Waals surface area (Å²) in [5.74, 6) is 1.06. The maximum Gasteiger partial charge on any atom is 0.272 e. The Balaban J connectivity index is 1.60. The topological polar surface area (TPSA) is 95.5 Å². The van der Waals surface area contributed by atoms with Crippen molar-refractivity contribution in [1.29, 1.82) is 0 Å². The summed E-state index contributed by atoms with van der Waals surface area (Å²) >= 11 is 0. The zero-order chi connectivity index (χ0) is 20.7. The quantitative estimate of drug-likeness (QED) is 0.820. The van der Waals surface area contributed by atoms with Gasteiger partial charge in [0.25, 0.3) is 5.91 Å². The molecule has 0 unspecified atom stereocenters. The van der Waals surface area contributed by atoms with Gasteiger partial charge in [0.15, 0.2) is 0 Å². The van der Waals surface area contributed by atoms with Gasteiger partial charge >= 0.3 is 0 Å². The molecule has 0 saturated carbocycles. The molecule has 1 N–H and O–H groups in total. The van der Waals surface area contributed by atoms with E-state index < -0.39 is 0 Å². The normalized spacial score (nSPS) is 28.7. The Kier molecular flexibility index (Phi) is 5.27. The number of amides is 3. The summed E-state index contributed by atoms with van der Waals surface area (Å²) in [4.78, 5) is 50.0. The fourth-order valence-electron chi connectivity index (χ4n) is 5.44. The number of nitrogens with one attached hydrogen (secondary N) is 1. The largest absolute Gasteiger partial charge is 0.354 e. The van der Waals surface area contributed by atoms with Gasteiger partial charge in [-0.3, -0.25) is 14.4 Å². The van der Waals surface area contributed by atoms with Crippen LogP contribution < -0.4 is 5.32 Å². The van der Waals surface area contributed by atoms with E-state index in [9.17, 15) is 14.4 Å². The van der Waals surface area contributed by atoms with E-state index in [2.05, 4.69) is 15.3 Å². The average molecular weight is 399 g/mol. The lowest BCUT2D eigenvalue weighted by Gasteiger charge is -2.56. The molecule has 2 bridgehead atoms. The van der Waals surface area contributed by atoms with Crippen molar-refractivity contribution in [3.63, 3.8) is 0 Å². The van der Waals surface area contributed by atoms with Crippen molar-refractivity contribution in [2.75, 3.05) is 19.6 Å². The van der Waals surface area contributed by atoms with Crippen LogP contribution in [-0.4, -0.2) is 69.2 Å². The Hall–Kier alpha value is -2.51. The highest BCUT2D eigenvalue weighted by atomic mass is 16.2. The predicted molar refractivity (Wildman–Crippen MR) is 106 cm³/mol. The van der Waals surface area contributed by atoms with E-state index in [0.29, 0.717) is 37.6 Å². The number of fused-ring (bicyclic) bond motifs is 4. The number of nitrogens with zero attached hydrogens (tertiary/aromatic N) is 4. The number of aryl methyl sites for hydroxylation is 2. The third kappa shape index (κ3) is 3.84. The van der Waals surface area contributed by atoms with Crippen molar-refractivity contribution >= 4 is 17.7 Å². The van der Waals surface area contributed by atoms with Gasteiger partial charge in [0.1, 0.15) is 11.5 Å². The van der Waals surface area contributed by atoms with Crippen molar-refractivity contribution < 1.29 is 14.4 Å². The summed E-state index contributed by atoms with van der Waals surface area (Å²) in [5.41, 5.74) is 1.22. The van der Waals surface area contributed by atoms with Crippen LogP contribution in [0.3, 0.4) is 0 Å². The van der Waals surface area contributed by atoms with Crippen LogP contribution >= 0.6 is 0 Å². The highest BCUT2D eigenvalue weighted by Gasteiger charge is 2.50. The predicted octanol–water partition coefficient (Wildman–Crippen LogP) is 1.07. The minimum absolute atomic E-state index is 0.0579. The first-order valence-corrected chi connectivity index (χ1v) is 10.5. The maximum atomic E-state index is 13.2. The van der Waals surface area contributed by atoms with E-state index in [1.165, 1.54) is 6.92 Å². The summed E-state index contributed by atoms with van der Waals surface area (Å²) < 4.78 is 0. The van der Waals surface area contributed by atoms with E-state index in [4.69, 9.17) is 0 Å². The molecule has 0 radical (unpaired) electrons. The lowest BCUT2D eigenvalue weighted by molar-refractivity contribution is -0.151. The minimum Gasteiger partial charge on any atom is -0.354 e. The fourth-order valence-corrected chi connectivity index (χ4v) is 5.44. The molecular formula is C21H29N5O3. The van der Waals surface area contributed by atoms with Crippen LogP contribution in [0, 0.1) is 25.7 Å². The van der Waals surface area contributed by atoms with Crippen molar-refractivity contribution in [2.45, 2.75) is 58.5 Å². The van der Waals surface area contributed by atoms with E-state index >= 15 is 0 Å². The molecule has 4 rings (SSSR count).